The van der Waals surface area contributed by atoms with Crippen molar-refractivity contribution in [1.29, 1.82) is 0 Å². The number of aryl methyl sites for hydroxylation is 2. The van der Waals surface area contributed by atoms with E-state index in [9.17, 15) is 0 Å². The third-order valence-corrected chi connectivity index (χ3v) is 3.50. The van der Waals surface area contributed by atoms with Crippen LogP contribution in [-0.2, 0) is 6.54 Å². The zero-order chi connectivity index (χ0) is 14.7. The molecule has 0 saturated heterocycles. The Morgan fingerprint density at radius 2 is 1.75 bits per heavy atom. The molecule has 0 amide bonds. The Morgan fingerprint density at radius 1 is 1.00 bits per heavy atom. The maximum atomic E-state index is 6.17. The van der Waals surface area contributed by atoms with Crippen LogP contribution in [0.25, 0.3) is 0 Å². The quantitative estimate of drug-likeness (QED) is 0.874. The first-order valence-electron chi connectivity index (χ1n) is 7.09. The van der Waals surface area contributed by atoms with Gasteiger partial charge in [-0.15, -0.1) is 0 Å². The highest BCUT2D eigenvalue weighted by atomic mass is 16.5. The minimum atomic E-state index is 0.434. The zero-order valence-electron chi connectivity index (χ0n) is 12.7. The van der Waals surface area contributed by atoms with Crippen LogP contribution in [0.4, 0.5) is 0 Å². The maximum Gasteiger partial charge on any atom is 0.131 e. The largest absolute Gasteiger partial charge is 0.457 e. The summed E-state index contributed by atoms with van der Waals surface area (Å²) in [5.41, 5.74) is 10.4. The smallest absolute Gasteiger partial charge is 0.131 e. The molecule has 0 aromatic heterocycles. The molecule has 0 aliphatic carbocycles. The van der Waals surface area contributed by atoms with Crippen molar-refractivity contribution >= 4 is 0 Å². The molecule has 20 heavy (non-hydrogen) atoms. The standard InChI is InChI=1S/C18H23NO/c1-12(2)16-8-5-13(3)9-18(16)20-17-10-15(11-19)7-6-14(17)4/h5-10,12H,11,19H2,1-4H3. The van der Waals surface area contributed by atoms with E-state index in [1.807, 2.05) is 12.1 Å². The Balaban J connectivity index is 2.41. The Kier molecular flexibility index (Phi) is 4.46. The molecule has 0 atom stereocenters. The molecule has 0 aliphatic heterocycles. The summed E-state index contributed by atoms with van der Waals surface area (Å²) < 4.78 is 6.17. The Bertz CT molecular complexity index is 602. The maximum absolute atomic E-state index is 6.17. The topological polar surface area (TPSA) is 35.2 Å². The summed E-state index contributed by atoms with van der Waals surface area (Å²) in [6.45, 7) is 9.03. The number of benzene rings is 2. The van der Waals surface area contributed by atoms with Gasteiger partial charge in [-0.3, -0.25) is 0 Å². The van der Waals surface area contributed by atoms with Crippen molar-refractivity contribution in [3.05, 3.63) is 58.7 Å². The average molecular weight is 269 g/mol. The highest BCUT2D eigenvalue weighted by molar-refractivity contribution is 5.45. The fourth-order valence-corrected chi connectivity index (χ4v) is 2.21. The molecule has 2 nitrogen and oxygen atoms in total. The second-order valence-corrected chi connectivity index (χ2v) is 5.60. The summed E-state index contributed by atoms with van der Waals surface area (Å²) in [6.07, 6.45) is 0. The van der Waals surface area contributed by atoms with Gasteiger partial charge < -0.3 is 10.5 Å². The molecule has 2 heteroatoms. The Morgan fingerprint density at radius 3 is 2.40 bits per heavy atom. The average Bonchev–Trinajstić information content (AvgIpc) is 2.41. The van der Waals surface area contributed by atoms with Crippen molar-refractivity contribution in [2.45, 2.75) is 40.2 Å². The monoisotopic (exact) mass is 269 g/mol. The van der Waals surface area contributed by atoms with Crippen LogP contribution >= 0.6 is 0 Å². The van der Waals surface area contributed by atoms with Crippen LogP contribution in [0.3, 0.4) is 0 Å². The molecule has 0 aliphatic rings. The van der Waals surface area contributed by atoms with Gasteiger partial charge in [0.25, 0.3) is 0 Å². The van der Waals surface area contributed by atoms with Crippen LogP contribution in [0.15, 0.2) is 36.4 Å². The molecule has 2 aromatic carbocycles. The summed E-state index contributed by atoms with van der Waals surface area (Å²) >= 11 is 0. The SMILES string of the molecule is Cc1ccc(C(C)C)c(Oc2cc(CN)ccc2C)c1. The van der Waals surface area contributed by atoms with Gasteiger partial charge in [-0.2, -0.15) is 0 Å². The van der Waals surface area contributed by atoms with Crippen molar-refractivity contribution in [3.63, 3.8) is 0 Å². The normalized spacial score (nSPS) is 10.9. The fourth-order valence-electron chi connectivity index (χ4n) is 2.21. The Hall–Kier alpha value is -1.80. The van der Waals surface area contributed by atoms with Gasteiger partial charge in [0.2, 0.25) is 0 Å². The van der Waals surface area contributed by atoms with Crippen LogP contribution in [0.1, 0.15) is 42.0 Å². The van der Waals surface area contributed by atoms with E-state index in [1.165, 1.54) is 11.1 Å². The lowest BCUT2D eigenvalue weighted by atomic mass is 10.0. The van der Waals surface area contributed by atoms with Crippen molar-refractivity contribution in [2.75, 3.05) is 0 Å². The van der Waals surface area contributed by atoms with Gasteiger partial charge in [0.15, 0.2) is 0 Å². The van der Waals surface area contributed by atoms with E-state index >= 15 is 0 Å². The van der Waals surface area contributed by atoms with E-state index in [0.717, 1.165) is 22.6 Å². The van der Waals surface area contributed by atoms with E-state index in [0.29, 0.717) is 12.5 Å². The second kappa shape index (κ2) is 6.10. The van der Waals surface area contributed by atoms with Crippen molar-refractivity contribution in [2.24, 2.45) is 5.73 Å². The lowest BCUT2D eigenvalue weighted by Gasteiger charge is -2.16. The molecule has 106 valence electrons. The van der Waals surface area contributed by atoms with Crippen LogP contribution in [0.5, 0.6) is 11.5 Å². The van der Waals surface area contributed by atoms with Crippen molar-refractivity contribution < 1.29 is 4.74 Å². The van der Waals surface area contributed by atoms with E-state index < -0.39 is 0 Å². The molecule has 0 radical (unpaired) electrons. The summed E-state index contributed by atoms with van der Waals surface area (Å²) in [5.74, 6) is 2.27. The predicted octanol–water partition coefficient (Wildman–Crippen LogP) is 4.68. The summed E-state index contributed by atoms with van der Waals surface area (Å²) in [7, 11) is 0. The van der Waals surface area contributed by atoms with Gasteiger partial charge in [-0.25, -0.2) is 0 Å². The van der Waals surface area contributed by atoms with E-state index in [-0.39, 0.29) is 0 Å². The van der Waals surface area contributed by atoms with Gasteiger partial charge in [-0.05, 0) is 54.2 Å². The minimum Gasteiger partial charge on any atom is -0.457 e. The van der Waals surface area contributed by atoms with E-state index in [4.69, 9.17) is 10.5 Å². The predicted molar refractivity (Wildman–Crippen MR) is 84.4 cm³/mol. The van der Waals surface area contributed by atoms with Gasteiger partial charge in [0.1, 0.15) is 11.5 Å². The molecule has 0 fully saturated rings. The molecule has 0 saturated carbocycles. The summed E-state index contributed by atoms with van der Waals surface area (Å²) in [6, 6.07) is 12.5. The van der Waals surface area contributed by atoms with Crippen LogP contribution in [0, 0.1) is 13.8 Å². The fraction of sp³-hybridized carbons (Fsp3) is 0.333. The second-order valence-electron chi connectivity index (χ2n) is 5.60. The molecule has 0 unspecified atom stereocenters. The molecule has 2 aromatic rings. The highest BCUT2D eigenvalue weighted by Gasteiger charge is 2.10. The summed E-state index contributed by atoms with van der Waals surface area (Å²) in [5, 5.41) is 0. The number of ether oxygens (including phenoxy) is 1. The molecule has 0 spiro atoms. The lowest BCUT2D eigenvalue weighted by Crippen LogP contribution is -1.99. The van der Waals surface area contributed by atoms with Gasteiger partial charge >= 0.3 is 0 Å². The first-order chi connectivity index (χ1) is 9.51. The number of nitrogens with two attached hydrogens (primary N) is 1. The zero-order valence-corrected chi connectivity index (χ0v) is 12.7. The third kappa shape index (κ3) is 3.20. The third-order valence-electron chi connectivity index (χ3n) is 3.50. The number of hydrogen-bond donors (Lipinski definition) is 1. The van der Waals surface area contributed by atoms with Crippen molar-refractivity contribution in [3.8, 4) is 11.5 Å². The van der Waals surface area contributed by atoms with E-state index in [2.05, 4.69) is 52.0 Å². The number of rotatable bonds is 4. The van der Waals surface area contributed by atoms with Gasteiger partial charge in [0, 0.05) is 6.54 Å². The lowest BCUT2D eigenvalue weighted by molar-refractivity contribution is 0.468. The molecule has 0 heterocycles. The first kappa shape index (κ1) is 14.6. The van der Waals surface area contributed by atoms with Gasteiger partial charge in [-0.1, -0.05) is 38.1 Å². The molecular weight excluding hydrogens is 246 g/mol. The first-order valence-corrected chi connectivity index (χ1v) is 7.09. The number of hydrogen-bond acceptors (Lipinski definition) is 2. The molecule has 0 bridgehead atoms. The molecular formula is C18H23NO. The molecule has 2 rings (SSSR count). The molecule has 2 N–H and O–H groups in total. The van der Waals surface area contributed by atoms with Crippen LogP contribution < -0.4 is 10.5 Å². The van der Waals surface area contributed by atoms with Gasteiger partial charge in [0.05, 0.1) is 0 Å². The minimum absolute atomic E-state index is 0.434. The Labute approximate surface area is 121 Å². The summed E-state index contributed by atoms with van der Waals surface area (Å²) in [4.78, 5) is 0. The van der Waals surface area contributed by atoms with Crippen LogP contribution in [-0.4, -0.2) is 0 Å². The highest BCUT2D eigenvalue weighted by Crippen LogP contribution is 2.33. The van der Waals surface area contributed by atoms with Crippen LogP contribution in [0.2, 0.25) is 0 Å². The van der Waals surface area contributed by atoms with Crippen molar-refractivity contribution in [1.82, 2.24) is 0 Å². The van der Waals surface area contributed by atoms with E-state index in [1.54, 1.807) is 0 Å².